The summed E-state index contributed by atoms with van der Waals surface area (Å²) in [5.41, 5.74) is 3.51. The molecule has 0 bridgehead atoms. The topological polar surface area (TPSA) is 92.2 Å². The number of aromatic nitrogens is 3. The Kier molecular flexibility index (Phi) is 8.91. The highest BCUT2D eigenvalue weighted by molar-refractivity contribution is 6.30. The third kappa shape index (κ3) is 6.55. The van der Waals surface area contributed by atoms with Gasteiger partial charge < -0.3 is 20.1 Å². The molecule has 1 aromatic heterocycles. The van der Waals surface area contributed by atoms with E-state index in [1.165, 1.54) is 43.2 Å². The van der Waals surface area contributed by atoms with Crippen molar-refractivity contribution in [2.75, 3.05) is 13.1 Å². The van der Waals surface area contributed by atoms with Crippen LogP contribution < -0.4 is 10.6 Å². The molecular formula is C33H41ClN6O2. The van der Waals surface area contributed by atoms with Gasteiger partial charge in [-0.3, -0.25) is 9.59 Å². The van der Waals surface area contributed by atoms with E-state index in [-0.39, 0.29) is 23.3 Å². The van der Waals surface area contributed by atoms with Gasteiger partial charge in [-0.05, 0) is 72.3 Å². The first-order valence-electron chi connectivity index (χ1n) is 15.5. The Morgan fingerprint density at radius 1 is 0.976 bits per heavy atom. The van der Waals surface area contributed by atoms with Crippen LogP contribution in [0.5, 0.6) is 0 Å². The summed E-state index contributed by atoms with van der Waals surface area (Å²) >= 11 is 6.14. The zero-order chi connectivity index (χ0) is 28.9. The number of likely N-dealkylation sites (tertiary alicyclic amines) is 1. The molecule has 2 fully saturated rings. The molecule has 1 aliphatic carbocycles. The fourth-order valence-electron chi connectivity index (χ4n) is 7.44. The van der Waals surface area contributed by atoms with Crippen molar-refractivity contribution in [3.05, 3.63) is 82.9 Å². The van der Waals surface area contributed by atoms with Crippen molar-refractivity contribution in [2.24, 2.45) is 11.3 Å². The smallest absolute Gasteiger partial charge is 0.245 e. The lowest BCUT2D eigenvalue weighted by molar-refractivity contribution is -0.140. The molecule has 2 amide bonds. The van der Waals surface area contributed by atoms with E-state index in [0.29, 0.717) is 43.4 Å². The number of halogens is 1. The highest BCUT2D eigenvalue weighted by Gasteiger charge is 2.43. The lowest BCUT2D eigenvalue weighted by atomic mass is 9.63. The van der Waals surface area contributed by atoms with Crippen LogP contribution >= 0.6 is 11.6 Å². The summed E-state index contributed by atoms with van der Waals surface area (Å²) in [5.74, 6) is 0.518. The van der Waals surface area contributed by atoms with Gasteiger partial charge in [0, 0.05) is 37.6 Å². The molecule has 222 valence electrons. The predicted molar refractivity (Wildman–Crippen MR) is 163 cm³/mol. The van der Waals surface area contributed by atoms with Gasteiger partial charge in [0.1, 0.15) is 18.7 Å². The van der Waals surface area contributed by atoms with Gasteiger partial charge in [0.15, 0.2) is 0 Å². The molecule has 3 aliphatic rings. The number of fused-ring (bicyclic) bond motifs is 1. The molecule has 0 spiro atoms. The van der Waals surface area contributed by atoms with E-state index in [2.05, 4.69) is 37.5 Å². The number of nitrogens with zero attached hydrogens (tertiary/aromatic N) is 4. The first-order valence-corrected chi connectivity index (χ1v) is 15.8. The number of rotatable bonds is 8. The van der Waals surface area contributed by atoms with Crippen molar-refractivity contribution in [1.29, 1.82) is 0 Å². The van der Waals surface area contributed by atoms with Crippen molar-refractivity contribution in [1.82, 2.24) is 30.3 Å². The van der Waals surface area contributed by atoms with Gasteiger partial charge in [-0.2, -0.15) is 0 Å². The van der Waals surface area contributed by atoms with Crippen LogP contribution in [0.3, 0.4) is 0 Å². The molecule has 3 aromatic rings. The molecule has 2 aromatic carbocycles. The Hall–Kier alpha value is -3.23. The minimum absolute atomic E-state index is 0.00366. The Morgan fingerprint density at radius 2 is 1.67 bits per heavy atom. The summed E-state index contributed by atoms with van der Waals surface area (Å²) < 4.78 is 2.12. The first-order chi connectivity index (χ1) is 20.5. The molecule has 2 N–H and O–H groups in total. The molecule has 9 heteroatoms. The van der Waals surface area contributed by atoms with E-state index in [4.69, 9.17) is 11.6 Å². The summed E-state index contributed by atoms with van der Waals surface area (Å²) in [4.78, 5) is 29.7. The lowest BCUT2D eigenvalue weighted by Crippen LogP contribution is -2.57. The maximum Gasteiger partial charge on any atom is 0.245 e. The van der Waals surface area contributed by atoms with Crippen molar-refractivity contribution in [2.45, 2.75) is 83.0 Å². The van der Waals surface area contributed by atoms with Gasteiger partial charge in [-0.15, -0.1) is 10.2 Å². The molecule has 3 heterocycles. The minimum Gasteiger partial charge on any atom is -0.343 e. The van der Waals surface area contributed by atoms with E-state index in [9.17, 15) is 9.59 Å². The average Bonchev–Trinajstić information content (AvgIpc) is 3.55. The molecule has 8 nitrogen and oxygen atoms in total. The summed E-state index contributed by atoms with van der Waals surface area (Å²) in [5, 5.41) is 15.3. The summed E-state index contributed by atoms with van der Waals surface area (Å²) in [6.07, 6.45) is 13.0. The van der Waals surface area contributed by atoms with Gasteiger partial charge in [0.2, 0.25) is 11.8 Å². The van der Waals surface area contributed by atoms with Gasteiger partial charge in [-0.25, -0.2) is 0 Å². The number of carbonyl (C=O) groups excluding carboxylic acids is 2. The first kappa shape index (κ1) is 28.9. The van der Waals surface area contributed by atoms with Gasteiger partial charge >= 0.3 is 0 Å². The van der Waals surface area contributed by atoms with Gasteiger partial charge in [-0.1, -0.05) is 67.3 Å². The molecule has 0 radical (unpaired) electrons. The molecule has 0 unspecified atom stereocenters. The fraction of sp³-hybridized carbons (Fsp3) is 0.515. The van der Waals surface area contributed by atoms with Crippen LogP contribution in [-0.2, 0) is 35.5 Å². The van der Waals surface area contributed by atoms with Crippen molar-refractivity contribution < 1.29 is 9.59 Å². The van der Waals surface area contributed by atoms with Crippen LogP contribution in [0.1, 0.15) is 61.6 Å². The van der Waals surface area contributed by atoms with Crippen LogP contribution in [0.4, 0.5) is 0 Å². The van der Waals surface area contributed by atoms with Crippen LogP contribution in [0.15, 0.2) is 61.2 Å². The Balaban J connectivity index is 1.17. The van der Waals surface area contributed by atoms with Crippen molar-refractivity contribution in [3.63, 3.8) is 0 Å². The number of nitrogens with one attached hydrogen (secondary N) is 2. The molecule has 42 heavy (non-hydrogen) atoms. The summed E-state index contributed by atoms with van der Waals surface area (Å²) in [6.45, 7) is 2.93. The number of carbonyl (C=O) groups is 2. The van der Waals surface area contributed by atoms with Crippen molar-refractivity contribution in [3.8, 4) is 0 Å². The van der Waals surface area contributed by atoms with E-state index < -0.39 is 6.04 Å². The van der Waals surface area contributed by atoms with E-state index in [1.807, 2.05) is 54.0 Å². The second-order valence-corrected chi connectivity index (χ2v) is 12.9. The third-order valence-electron chi connectivity index (χ3n) is 9.87. The monoisotopic (exact) mass is 588 g/mol. The predicted octanol–water partition coefficient (Wildman–Crippen LogP) is 4.56. The number of amides is 2. The second-order valence-electron chi connectivity index (χ2n) is 12.5. The minimum atomic E-state index is -0.641. The fourth-order valence-corrected chi connectivity index (χ4v) is 7.56. The Bertz CT molecular complexity index is 1350. The van der Waals surface area contributed by atoms with Crippen LogP contribution in [0.2, 0.25) is 5.02 Å². The number of benzene rings is 2. The molecule has 1 saturated heterocycles. The van der Waals surface area contributed by atoms with Crippen LogP contribution in [-0.4, -0.2) is 56.7 Å². The number of hydrogen-bond acceptors (Lipinski definition) is 5. The average molecular weight is 589 g/mol. The normalized spacial score (nSPS) is 21.4. The molecular weight excluding hydrogens is 548 g/mol. The lowest BCUT2D eigenvalue weighted by Gasteiger charge is -2.48. The van der Waals surface area contributed by atoms with E-state index in [1.54, 1.807) is 0 Å². The zero-order valence-corrected chi connectivity index (χ0v) is 24.9. The molecule has 2 aliphatic heterocycles. The standard InChI is InChI=1S/C33H41ClN6O2/c34-28-12-10-24(11-13-28)18-30(38-31(41)29-19-25-6-4-5-7-26(25)20-35-29)32(42)40-16-14-33(15-17-40,21-39-22-36-37-23-39)27-8-2-1-3-9-27/h4-7,10-13,22-23,27,29-30,35H,1-3,8-9,14-21H2,(H,38,41)/t29-,30-/m1/s1. The summed E-state index contributed by atoms with van der Waals surface area (Å²) in [7, 11) is 0. The molecule has 6 rings (SSSR count). The number of piperidine rings is 1. The largest absolute Gasteiger partial charge is 0.343 e. The van der Waals surface area contributed by atoms with Crippen molar-refractivity contribution >= 4 is 23.4 Å². The highest BCUT2D eigenvalue weighted by Crippen LogP contribution is 2.47. The second kappa shape index (κ2) is 13.0. The van der Waals surface area contributed by atoms with Crippen LogP contribution in [0, 0.1) is 11.3 Å². The molecule has 1 saturated carbocycles. The number of hydrogen-bond donors (Lipinski definition) is 2. The van der Waals surface area contributed by atoms with Crippen LogP contribution in [0.25, 0.3) is 0 Å². The molecule has 2 atom stereocenters. The van der Waals surface area contributed by atoms with Gasteiger partial charge in [0.25, 0.3) is 0 Å². The van der Waals surface area contributed by atoms with Gasteiger partial charge in [0.05, 0.1) is 6.04 Å². The maximum atomic E-state index is 14.1. The highest BCUT2D eigenvalue weighted by atomic mass is 35.5. The maximum absolute atomic E-state index is 14.1. The third-order valence-corrected chi connectivity index (χ3v) is 10.1. The Morgan fingerprint density at radius 3 is 2.38 bits per heavy atom. The quantitative estimate of drug-likeness (QED) is 0.402. The SMILES string of the molecule is O=C(N[C@H](Cc1ccc(Cl)cc1)C(=O)N1CCC(Cn2cnnc2)(C2CCCCC2)CC1)[C@H]1Cc2ccccc2CN1. The zero-order valence-electron chi connectivity index (χ0n) is 24.2. The summed E-state index contributed by atoms with van der Waals surface area (Å²) in [6, 6.07) is 14.8. The van der Waals surface area contributed by atoms with E-state index >= 15 is 0 Å². The Labute approximate surface area is 253 Å². The van der Waals surface area contributed by atoms with E-state index in [0.717, 1.165) is 24.9 Å².